The first-order valence-electron chi connectivity index (χ1n) is 9.21. The molecule has 1 aliphatic carbocycles. The highest BCUT2D eigenvalue weighted by Gasteiger charge is 2.21. The lowest BCUT2D eigenvalue weighted by atomic mass is 10.2. The zero-order chi connectivity index (χ0) is 19.8. The summed E-state index contributed by atoms with van der Waals surface area (Å²) in [5.74, 6) is 1.10. The molecular weight excluding hydrogens is 406 g/mol. The van der Waals surface area contributed by atoms with Gasteiger partial charge in [-0.05, 0) is 43.5 Å². The average molecular weight is 424 g/mol. The number of oxazole rings is 1. The first-order chi connectivity index (χ1) is 14.1. The first-order valence-corrected chi connectivity index (χ1v) is 11.5. The Bertz CT molecular complexity index is 1240. The monoisotopic (exact) mass is 423 g/mol. The maximum Gasteiger partial charge on any atom is 0.263 e. The normalized spacial score (nSPS) is 13.4. The second-order valence-electron chi connectivity index (χ2n) is 6.77. The van der Waals surface area contributed by atoms with Gasteiger partial charge in [-0.25, -0.2) is 18.4 Å². The van der Waals surface area contributed by atoms with Crippen LogP contribution in [0.25, 0.3) is 22.8 Å². The molecule has 1 aliphatic rings. The highest BCUT2D eigenvalue weighted by Crippen LogP contribution is 2.32. The van der Waals surface area contributed by atoms with Gasteiger partial charge in [0.05, 0.1) is 16.8 Å². The number of hydrogen-bond donors (Lipinski definition) is 1. The zero-order valence-electron chi connectivity index (χ0n) is 15.3. The summed E-state index contributed by atoms with van der Waals surface area (Å²) in [7, 11) is -3.69. The van der Waals surface area contributed by atoms with Gasteiger partial charge in [0, 0.05) is 16.0 Å². The van der Waals surface area contributed by atoms with Crippen LogP contribution in [-0.2, 0) is 22.9 Å². The van der Waals surface area contributed by atoms with E-state index in [1.165, 1.54) is 16.2 Å². The molecule has 146 valence electrons. The van der Waals surface area contributed by atoms with Crippen LogP contribution in [0.15, 0.2) is 70.1 Å². The van der Waals surface area contributed by atoms with E-state index < -0.39 is 10.0 Å². The molecular formula is C21H17N3O3S2. The summed E-state index contributed by atoms with van der Waals surface area (Å²) in [6.45, 7) is 0. The maximum absolute atomic E-state index is 12.7. The van der Waals surface area contributed by atoms with Crippen molar-refractivity contribution in [3.8, 4) is 22.8 Å². The van der Waals surface area contributed by atoms with Gasteiger partial charge in [0.25, 0.3) is 10.0 Å². The van der Waals surface area contributed by atoms with Crippen LogP contribution in [0.5, 0.6) is 0 Å². The Labute approximate surface area is 172 Å². The van der Waals surface area contributed by atoms with Crippen molar-refractivity contribution in [2.45, 2.75) is 24.2 Å². The van der Waals surface area contributed by atoms with Gasteiger partial charge in [0.15, 0.2) is 10.9 Å². The molecule has 0 saturated heterocycles. The largest absolute Gasteiger partial charge is 0.436 e. The third-order valence-electron chi connectivity index (χ3n) is 4.79. The lowest BCUT2D eigenvalue weighted by Crippen LogP contribution is -2.12. The Balaban J connectivity index is 1.36. The third kappa shape index (κ3) is 3.56. The number of nitrogens with one attached hydrogen (secondary N) is 1. The number of fused-ring (bicyclic) bond motifs is 1. The van der Waals surface area contributed by atoms with Crippen molar-refractivity contribution in [1.29, 1.82) is 0 Å². The first kappa shape index (κ1) is 18.1. The van der Waals surface area contributed by atoms with Gasteiger partial charge in [-0.3, -0.25) is 4.72 Å². The number of aryl methyl sites for hydroxylation is 2. The Morgan fingerprint density at radius 1 is 0.966 bits per heavy atom. The molecule has 0 spiro atoms. The number of nitrogens with zero attached hydrogens (tertiary/aromatic N) is 2. The predicted octanol–water partition coefficient (Wildman–Crippen LogP) is 4.75. The van der Waals surface area contributed by atoms with Crippen molar-refractivity contribution in [3.05, 3.63) is 71.4 Å². The van der Waals surface area contributed by atoms with E-state index in [9.17, 15) is 8.42 Å². The van der Waals surface area contributed by atoms with Gasteiger partial charge in [-0.1, -0.05) is 30.3 Å². The molecule has 0 unspecified atom stereocenters. The average Bonchev–Trinajstić information content (AvgIpc) is 3.45. The van der Waals surface area contributed by atoms with Crippen molar-refractivity contribution < 1.29 is 12.8 Å². The van der Waals surface area contributed by atoms with E-state index in [0.717, 1.165) is 30.5 Å². The molecule has 6 nitrogen and oxygen atoms in total. The van der Waals surface area contributed by atoms with Gasteiger partial charge in [0.2, 0.25) is 5.89 Å². The smallest absolute Gasteiger partial charge is 0.263 e. The summed E-state index contributed by atoms with van der Waals surface area (Å²) < 4.78 is 33.8. The summed E-state index contributed by atoms with van der Waals surface area (Å²) >= 11 is 1.42. The van der Waals surface area contributed by atoms with Crippen molar-refractivity contribution in [1.82, 2.24) is 9.97 Å². The maximum atomic E-state index is 12.7. The van der Waals surface area contributed by atoms with Gasteiger partial charge in [0.1, 0.15) is 0 Å². The molecule has 0 saturated carbocycles. The van der Waals surface area contributed by atoms with Crippen LogP contribution in [-0.4, -0.2) is 18.4 Å². The van der Waals surface area contributed by atoms with E-state index in [1.807, 2.05) is 30.3 Å². The predicted molar refractivity (Wildman–Crippen MR) is 112 cm³/mol. The number of benzene rings is 2. The number of rotatable bonds is 5. The van der Waals surface area contributed by atoms with E-state index in [2.05, 4.69) is 14.7 Å². The Kier molecular flexibility index (Phi) is 4.44. The van der Waals surface area contributed by atoms with Gasteiger partial charge in [-0.15, -0.1) is 11.3 Å². The van der Waals surface area contributed by atoms with Gasteiger partial charge in [-0.2, -0.15) is 0 Å². The lowest BCUT2D eigenvalue weighted by molar-refractivity contribution is 0.588. The quantitative estimate of drug-likeness (QED) is 0.500. The fourth-order valence-electron chi connectivity index (χ4n) is 3.33. The molecule has 0 amide bonds. The van der Waals surface area contributed by atoms with E-state index >= 15 is 0 Å². The second kappa shape index (κ2) is 7.13. The van der Waals surface area contributed by atoms with Crippen LogP contribution >= 0.6 is 11.3 Å². The van der Waals surface area contributed by atoms with Crippen molar-refractivity contribution in [2.75, 3.05) is 4.72 Å². The summed E-state index contributed by atoms with van der Waals surface area (Å²) in [4.78, 5) is 10.1. The van der Waals surface area contributed by atoms with E-state index in [-0.39, 0.29) is 4.90 Å². The molecule has 0 bridgehead atoms. The van der Waals surface area contributed by atoms with Crippen molar-refractivity contribution >= 4 is 26.5 Å². The molecule has 0 fully saturated rings. The summed E-state index contributed by atoms with van der Waals surface area (Å²) in [5.41, 5.74) is 2.66. The van der Waals surface area contributed by atoms with Crippen LogP contribution in [0.3, 0.4) is 0 Å². The van der Waals surface area contributed by atoms with E-state index in [4.69, 9.17) is 4.42 Å². The molecule has 0 atom stereocenters. The van der Waals surface area contributed by atoms with Crippen LogP contribution in [0.1, 0.15) is 17.0 Å². The highest BCUT2D eigenvalue weighted by atomic mass is 32.2. The molecule has 5 rings (SSSR count). The fraction of sp³-hybridized carbons (Fsp3) is 0.143. The number of aromatic nitrogens is 2. The van der Waals surface area contributed by atoms with Crippen LogP contribution in [0.4, 0.5) is 5.13 Å². The lowest BCUT2D eigenvalue weighted by Gasteiger charge is -2.06. The zero-order valence-corrected chi connectivity index (χ0v) is 17.0. The highest BCUT2D eigenvalue weighted by molar-refractivity contribution is 7.93. The van der Waals surface area contributed by atoms with E-state index in [0.29, 0.717) is 22.3 Å². The minimum Gasteiger partial charge on any atom is -0.436 e. The summed E-state index contributed by atoms with van der Waals surface area (Å²) in [6, 6.07) is 16.2. The van der Waals surface area contributed by atoms with Gasteiger partial charge >= 0.3 is 0 Å². The molecule has 2 heterocycles. The Morgan fingerprint density at radius 2 is 1.76 bits per heavy atom. The van der Waals surface area contributed by atoms with Crippen molar-refractivity contribution in [2.24, 2.45) is 0 Å². The second-order valence-corrected chi connectivity index (χ2v) is 9.53. The van der Waals surface area contributed by atoms with Crippen LogP contribution in [0.2, 0.25) is 0 Å². The third-order valence-corrected chi connectivity index (χ3v) is 7.35. The van der Waals surface area contributed by atoms with Crippen LogP contribution < -0.4 is 4.72 Å². The molecule has 4 aromatic rings. The molecule has 29 heavy (non-hydrogen) atoms. The number of hydrogen-bond acceptors (Lipinski definition) is 6. The van der Waals surface area contributed by atoms with Gasteiger partial charge < -0.3 is 4.42 Å². The molecule has 0 radical (unpaired) electrons. The topological polar surface area (TPSA) is 85.1 Å². The van der Waals surface area contributed by atoms with Crippen molar-refractivity contribution in [3.63, 3.8) is 0 Å². The van der Waals surface area contributed by atoms with E-state index in [1.54, 1.807) is 30.5 Å². The molecule has 0 aliphatic heterocycles. The van der Waals surface area contributed by atoms with Crippen LogP contribution in [0, 0.1) is 0 Å². The molecule has 2 aromatic heterocycles. The SMILES string of the molecule is O=S(=O)(Nc1nc2c(s1)CCC2)c1ccc(-c2ncc(-c3ccccc3)o2)cc1. The molecule has 1 N–H and O–H groups in total. The Hall–Kier alpha value is -2.97. The Morgan fingerprint density at radius 3 is 2.52 bits per heavy atom. The molecule has 8 heteroatoms. The molecule has 2 aromatic carbocycles. The number of anilines is 1. The summed E-state index contributed by atoms with van der Waals surface area (Å²) in [6.07, 6.45) is 4.65. The summed E-state index contributed by atoms with van der Waals surface area (Å²) in [5, 5.41) is 0.430. The number of thiazole rings is 1. The fourth-order valence-corrected chi connectivity index (χ4v) is 5.61. The minimum atomic E-state index is -3.69. The minimum absolute atomic E-state index is 0.173. The standard InChI is InChI=1S/C21H17N3O3S2/c25-29(26,24-21-23-17-7-4-8-19(17)28-21)16-11-9-15(10-12-16)20-22-13-18(27-20)14-5-2-1-3-6-14/h1-3,5-6,9-13H,4,7-8H2,(H,23,24). The number of sulfonamides is 1.